The largest absolute Gasteiger partial charge is 0.490 e. The van der Waals surface area contributed by atoms with Crippen molar-refractivity contribution in [2.75, 3.05) is 19.7 Å². The summed E-state index contributed by atoms with van der Waals surface area (Å²) >= 11 is 0. The van der Waals surface area contributed by atoms with Crippen LogP contribution in [-0.2, 0) is 12.6 Å². The third-order valence-electron chi connectivity index (χ3n) is 4.54. The zero-order valence-electron chi connectivity index (χ0n) is 15.3. The fourth-order valence-electron chi connectivity index (χ4n) is 3.01. The van der Waals surface area contributed by atoms with Gasteiger partial charge in [-0.2, -0.15) is 13.2 Å². The van der Waals surface area contributed by atoms with Crippen molar-refractivity contribution in [3.8, 4) is 5.75 Å². The number of ether oxygens (including phenoxy) is 1. The van der Waals surface area contributed by atoms with Crippen molar-refractivity contribution < 1.29 is 28.3 Å². The maximum Gasteiger partial charge on any atom is 0.416 e. The monoisotopic (exact) mass is 390 g/mol. The van der Waals surface area contributed by atoms with Crippen molar-refractivity contribution in [2.24, 2.45) is 0 Å². The first-order valence-corrected chi connectivity index (χ1v) is 9.20. The van der Waals surface area contributed by atoms with Gasteiger partial charge in [-0.3, -0.25) is 0 Å². The molecule has 0 bridgehead atoms. The van der Waals surface area contributed by atoms with E-state index in [1.165, 1.54) is 12.1 Å². The molecule has 0 aliphatic rings. The van der Waals surface area contributed by atoms with E-state index in [4.69, 9.17) is 4.74 Å². The highest BCUT2D eigenvalue weighted by molar-refractivity contribution is 5.88. The molecule has 3 aromatic rings. The van der Waals surface area contributed by atoms with Crippen LogP contribution in [0.5, 0.6) is 5.75 Å². The number of halogens is 3. The average Bonchev–Trinajstić information content (AvgIpc) is 2.69. The highest BCUT2D eigenvalue weighted by atomic mass is 19.4. The predicted molar refractivity (Wildman–Crippen MR) is 102 cm³/mol. The van der Waals surface area contributed by atoms with E-state index in [0.29, 0.717) is 19.5 Å². The minimum atomic E-state index is -4.31. The second-order valence-electron chi connectivity index (χ2n) is 6.70. The Morgan fingerprint density at radius 2 is 1.64 bits per heavy atom. The molecular formula is C22H23F3NO2+. The second-order valence-corrected chi connectivity index (χ2v) is 6.70. The topological polar surface area (TPSA) is 46.1 Å². The summed E-state index contributed by atoms with van der Waals surface area (Å²) in [7, 11) is 0. The molecule has 6 heteroatoms. The molecule has 0 aliphatic heterocycles. The molecule has 0 unspecified atom stereocenters. The Morgan fingerprint density at radius 3 is 2.39 bits per heavy atom. The first-order chi connectivity index (χ1) is 13.4. The zero-order valence-corrected chi connectivity index (χ0v) is 15.3. The van der Waals surface area contributed by atoms with Crippen LogP contribution in [0.1, 0.15) is 11.1 Å². The summed E-state index contributed by atoms with van der Waals surface area (Å²) in [6.07, 6.45) is -4.31. The Morgan fingerprint density at radius 1 is 0.929 bits per heavy atom. The third-order valence-corrected chi connectivity index (χ3v) is 4.54. The number of rotatable bonds is 8. The molecule has 0 fully saturated rings. The Bertz CT molecular complexity index is 889. The molecular weight excluding hydrogens is 367 g/mol. The summed E-state index contributed by atoms with van der Waals surface area (Å²) in [5, 5.41) is 14.1. The van der Waals surface area contributed by atoms with Crippen LogP contribution < -0.4 is 10.1 Å². The number of aliphatic hydroxyl groups is 1. The number of alkyl halides is 3. The van der Waals surface area contributed by atoms with Crippen molar-refractivity contribution >= 4 is 10.8 Å². The zero-order chi connectivity index (χ0) is 20.0. The Hall–Kier alpha value is -2.57. The summed E-state index contributed by atoms with van der Waals surface area (Å²) in [5.74, 6) is 0.738. The van der Waals surface area contributed by atoms with Crippen molar-refractivity contribution in [1.82, 2.24) is 0 Å². The van der Waals surface area contributed by atoms with Crippen LogP contribution in [0.2, 0.25) is 0 Å². The lowest BCUT2D eigenvalue weighted by Gasteiger charge is -2.13. The normalized spacial score (nSPS) is 12.9. The summed E-state index contributed by atoms with van der Waals surface area (Å²) in [6.45, 7) is 1.33. The quantitative estimate of drug-likeness (QED) is 0.579. The first-order valence-electron chi connectivity index (χ1n) is 9.20. The minimum absolute atomic E-state index is 0.185. The predicted octanol–water partition coefficient (Wildman–Crippen LogP) is 3.40. The molecule has 28 heavy (non-hydrogen) atoms. The van der Waals surface area contributed by atoms with Gasteiger partial charge in [-0.25, -0.2) is 0 Å². The first kappa shape index (κ1) is 20.2. The van der Waals surface area contributed by atoms with Crippen LogP contribution in [0.4, 0.5) is 13.2 Å². The molecule has 3 rings (SSSR count). The van der Waals surface area contributed by atoms with Crippen LogP contribution in [0.25, 0.3) is 10.8 Å². The number of nitrogens with two attached hydrogens (primary N) is 1. The van der Waals surface area contributed by atoms with E-state index in [1.54, 1.807) is 0 Å². The molecule has 0 aliphatic carbocycles. The number of aliphatic hydroxyl groups excluding tert-OH is 1. The van der Waals surface area contributed by atoms with Gasteiger partial charge in [0.1, 0.15) is 25.0 Å². The van der Waals surface area contributed by atoms with E-state index in [2.05, 4.69) is 0 Å². The number of hydrogen-bond donors (Lipinski definition) is 2. The number of quaternary nitrogens is 1. The molecule has 0 aromatic heterocycles. The van der Waals surface area contributed by atoms with E-state index in [1.807, 2.05) is 47.8 Å². The van der Waals surface area contributed by atoms with Gasteiger partial charge >= 0.3 is 6.18 Å². The molecule has 1 atom stereocenters. The summed E-state index contributed by atoms with van der Waals surface area (Å²) in [4.78, 5) is 0. The number of hydrogen-bond acceptors (Lipinski definition) is 2. The molecule has 0 heterocycles. The van der Waals surface area contributed by atoms with Gasteiger partial charge in [0.15, 0.2) is 0 Å². The molecule has 3 aromatic carbocycles. The van der Waals surface area contributed by atoms with E-state index < -0.39 is 17.8 Å². The van der Waals surface area contributed by atoms with Gasteiger partial charge in [-0.1, -0.05) is 48.5 Å². The van der Waals surface area contributed by atoms with Gasteiger partial charge in [0.05, 0.1) is 12.1 Å². The lowest BCUT2D eigenvalue weighted by atomic mass is 10.1. The van der Waals surface area contributed by atoms with Crippen LogP contribution in [0.15, 0.2) is 66.7 Å². The van der Waals surface area contributed by atoms with Crippen molar-refractivity contribution in [1.29, 1.82) is 0 Å². The lowest BCUT2D eigenvalue weighted by molar-refractivity contribution is -0.660. The van der Waals surface area contributed by atoms with Gasteiger partial charge in [-0.05, 0) is 29.1 Å². The highest BCUT2D eigenvalue weighted by Gasteiger charge is 2.29. The molecule has 0 saturated heterocycles. The van der Waals surface area contributed by atoms with E-state index in [-0.39, 0.29) is 6.61 Å². The van der Waals surface area contributed by atoms with Crippen LogP contribution in [0.3, 0.4) is 0 Å². The van der Waals surface area contributed by atoms with Gasteiger partial charge in [0, 0.05) is 11.8 Å². The van der Waals surface area contributed by atoms with Crippen LogP contribution in [-0.4, -0.2) is 30.9 Å². The minimum Gasteiger partial charge on any atom is -0.490 e. The van der Waals surface area contributed by atoms with Gasteiger partial charge < -0.3 is 15.2 Å². The van der Waals surface area contributed by atoms with Crippen LogP contribution in [0, 0.1) is 0 Å². The van der Waals surface area contributed by atoms with E-state index in [9.17, 15) is 18.3 Å². The van der Waals surface area contributed by atoms with Crippen molar-refractivity contribution in [3.05, 3.63) is 77.9 Å². The van der Waals surface area contributed by atoms with Crippen molar-refractivity contribution in [3.63, 3.8) is 0 Å². The van der Waals surface area contributed by atoms with Gasteiger partial charge in [-0.15, -0.1) is 0 Å². The Balaban J connectivity index is 1.40. The highest BCUT2D eigenvalue weighted by Crippen LogP contribution is 2.29. The lowest BCUT2D eigenvalue weighted by Crippen LogP contribution is -2.87. The van der Waals surface area contributed by atoms with E-state index >= 15 is 0 Å². The third kappa shape index (κ3) is 5.47. The average molecular weight is 390 g/mol. The van der Waals surface area contributed by atoms with Crippen LogP contribution >= 0.6 is 0 Å². The van der Waals surface area contributed by atoms with Gasteiger partial charge in [0.2, 0.25) is 0 Å². The van der Waals surface area contributed by atoms with E-state index in [0.717, 1.165) is 34.2 Å². The fraction of sp³-hybridized carbons (Fsp3) is 0.273. The molecule has 148 valence electrons. The molecule has 3 nitrogen and oxygen atoms in total. The molecule has 0 amide bonds. The Kier molecular flexibility index (Phi) is 6.54. The fourth-order valence-corrected chi connectivity index (χ4v) is 3.01. The Labute approximate surface area is 161 Å². The maximum absolute atomic E-state index is 12.6. The smallest absolute Gasteiger partial charge is 0.416 e. The number of benzene rings is 3. The second kappa shape index (κ2) is 9.08. The number of fused-ring (bicyclic) bond motifs is 1. The molecule has 3 N–H and O–H groups in total. The molecule has 0 saturated carbocycles. The van der Waals surface area contributed by atoms with Gasteiger partial charge in [0.25, 0.3) is 0 Å². The standard InChI is InChI=1S/C22H22F3NO2/c23-22(24,25)18-10-8-16(9-11-18)12-13-26-14-19(27)15-28-21-7-3-5-17-4-1-2-6-20(17)21/h1-11,19,26-27H,12-15H2/p+1/t19-/m1/s1. The van der Waals surface area contributed by atoms with Crippen molar-refractivity contribution in [2.45, 2.75) is 18.7 Å². The molecule has 0 spiro atoms. The maximum atomic E-state index is 12.6. The summed E-state index contributed by atoms with van der Waals surface area (Å²) in [5.41, 5.74) is 0.201. The summed E-state index contributed by atoms with van der Waals surface area (Å²) < 4.78 is 43.4. The summed E-state index contributed by atoms with van der Waals surface area (Å²) in [6, 6.07) is 18.9. The SMILES string of the molecule is O[C@H](C[NH2+]CCc1ccc(C(F)(F)F)cc1)COc1cccc2ccccc12. The molecule has 0 radical (unpaired) electrons.